The molecule has 1 aliphatic rings. The molecule has 120 valence electrons. The van der Waals surface area contributed by atoms with Gasteiger partial charge in [-0.15, -0.1) is 0 Å². The second kappa shape index (κ2) is 8.77. The lowest BCUT2D eigenvalue weighted by molar-refractivity contribution is -0.149. The fourth-order valence-electron chi connectivity index (χ4n) is 2.49. The Morgan fingerprint density at radius 1 is 1.10 bits per heavy atom. The zero-order valence-corrected chi connectivity index (χ0v) is 13.1. The van der Waals surface area contributed by atoms with Crippen LogP contribution in [0.2, 0.25) is 0 Å². The number of hydrogen-bond donors (Lipinski definition) is 2. The summed E-state index contributed by atoms with van der Waals surface area (Å²) in [5.41, 5.74) is -0.938. The molecule has 0 heterocycles. The van der Waals surface area contributed by atoms with Crippen LogP contribution in [0.1, 0.15) is 38.5 Å². The van der Waals surface area contributed by atoms with Crippen LogP contribution < -0.4 is 10.6 Å². The molecule has 2 amide bonds. The number of unbranched alkanes of at least 4 members (excludes halogenated alkanes) is 2. The van der Waals surface area contributed by atoms with E-state index in [1.807, 2.05) is 14.1 Å². The average Bonchev–Trinajstić information content (AvgIpc) is 2.38. The van der Waals surface area contributed by atoms with Crippen LogP contribution in [0.3, 0.4) is 0 Å². The van der Waals surface area contributed by atoms with Gasteiger partial charge in [-0.25, -0.2) is 0 Å². The highest BCUT2D eigenvalue weighted by molar-refractivity contribution is 6.06. The van der Waals surface area contributed by atoms with Crippen molar-refractivity contribution in [2.24, 2.45) is 5.41 Å². The first-order chi connectivity index (χ1) is 10.0. The molecular formula is C15H27N3O3. The maximum Gasteiger partial charge on any atom is 0.236 e. The van der Waals surface area contributed by atoms with Crippen molar-refractivity contribution >= 4 is 18.1 Å². The molecule has 0 unspecified atom stereocenters. The molecule has 1 aliphatic carbocycles. The quantitative estimate of drug-likeness (QED) is 0.346. The first kappa shape index (κ1) is 17.6. The van der Waals surface area contributed by atoms with E-state index >= 15 is 0 Å². The minimum Gasteiger partial charge on any atom is -0.355 e. The van der Waals surface area contributed by atoms with E-state index in [4.69, 9.17) is 0 Å². The summed E-state index contributed by atoms with van der Waals surface area (Å²) in [4.78, 5) is 36.7. The second-order valence-corrected chi connectivity index (χ2v) is 5.93. The normalized spacial score (nSPS) is 16.1. The van der Waals surface area contributed by atoms with Crippen LogP contribution in [-0.2, 0) is 14.4 Å². The monoisotopic (exact) mass is 297 g/mol. The summed E-state index contributed by atoms with van der Waals surface area (Å²) in [5, 5.41) is 5.38. The van der Waals surface area contributed by atoms with Crippen molar-refractivity contribution in [1.82, 2.24) is 15.5 Å². The summed E-state index contributed by atoms with van der Waals surface area (Å²) in [7, 11) is 4.08. The summed E-state index contributed by atoms with van der Waals surface area (Å²) >= 11 is 0. The van der Waals surface area contributed by atoms with Gasteiger partial charge < -0.3 is 20.3 Å². The molecule has 1 rings (SSSR count). The molecule has 6 heteroatoms. The highest BCUT2D eigenvalue weighted by Crippen LogP contribution is 2.41. The van der Waals surface area contributed by atoms with Gasteiger partial charge in [-0.1, -0.05) is 12.8 Å². The van der Waals surface area contributed by atoms with Gasteiger partial charge in [-0.2, -0.15) is 0 Å². The summed E-state index contributed by atoms with van der Waals surface area (Å²) in [6, 6.07) is 0. The molecule has 0 aliphatic heterocycles. The molecule has 0 spiro atoms. The van der Waals surface area contributed by atoms with Gasteiger partial charge in [-0.3, -0.25) is 9.59 Å². The van der Waals surface area contributed by atoms with Gasteiger partial charge in [0.1, 0.15) is 11.7 Å². The molecular weight excluding hydrogens is 270 g/mol. The number of nitrogens with zero attached hydrogens (tertiary/aromatic N) is 1. The summed E-state index contributed by atoms with van der Waals surface area (Å²) in [6.45, 7) is 1.62. The fraction of sp³-hybridized carbons (Fsp3) is 0.800. The van der Waals surface area contributed by atoms with Gasteiger partial charge in [0.2, 0.25) is 11.8 Å². The van der Waals surface area contributed by atoms with Crippen LogP contribution >= 0.6 is 0 Å². The maximum atomic E-state index is 12.2. The minimum atomic E-state index is -0.938. The van der Waals surface area contributed by atoms with Gasteiger partial charge >= 0.3 is 0 Å². The summed E-state index contributed by atoms with van der Waals surface area (Å²) < 4.78 is 0. The standard InChI is InChI=1S/C15H27N3O3/c1-18(2)11-5-3-4-9-16-13(20)15(7-6-8-15)14(21)17-10-12-19/h12H,3-11H2,1-2H3,(H,16,20)(H,17,21). The van der Waals surface area contributed by atoms with Gasteiger partial charge in [0.05, 0.1) is 6.54 Å². The first-order valence-corrected chi connectivity index (χ1v) is 7.68. The van der Waals surface area contributed by atoms with Crippen LogP contribution in [0, 0.1) is 5.41 Å². The van der Waals surface area contributed by atoms with Gasteiger partial charge in [0, 0.05) is 6.54 Å². The predicted molar refractivity (Wildman–Crippen MR) is 80.8 cm³/mol. The van der Waals surface area contributed by atoms with Gasteiger partial charge in [0.15, 0.2) is 0 Å². The van der Waals surface area contributed by atoms with Crippen LogP contribution in [0.4, 0.5) is 0 Å². The number of hydrogen-bond acceptors (Lipinski definition) is 4. The number of carbonyl (C=O) groups excluding carboxylic acids is 3. The molecule has 0 bridgehead atoms. The Hall–Kier alpha value is -1.43. The smallest absolute Gasteiger partial charge is 0.236 e. The molecule has 0 aromatic heterocycles. The largest absolute Gasteiger partial charge is 0.355 e. The Morgan fingerprint density at radius 3 is 2.29 bits per heavy atom. The molecule has 0 radical (unpaired) electrons. The average molecular weight is 297 g/mol. The topological polar surface area (TPSA) is 78.5 Å². The lowest BCUT2D eigenvalue weighted by atomic mass is 9.67. The molecule has 0 atom stereocenters. The van der Waals surface area contributed by atoms with E-state index in [1.165, 1.54) is 0 Å². The number of nitrogens with one attached hydrogen (secondary N) is 2. The third kappa shape index (κ3) is 5.12. The third-order valence-corrected chi connectivity index (χ3v) is 3.99. The van der Waals surface area contributed by atoms with E-state index in [2.05, 4.69) is 15.5 Å². The lowest BCUT2D eigenvalue weighted by Crippen LogP contribution is -2.55. The molecule has 0 saturated heterocycles. The van der Waals surface area contributed by atoms with Crippen molar-refractivity contribution in [2.45, 2.75) is 38.5 Å². The maximum absolute atomic E-state index is 12.2. The molecule has 1 fully saturated rings. The Kier molecular flexibility index (Phi) is 7.36. The second-order valence-electron chi connectivity index (χ2n) is 5.93. The zero-order chi connectivity index (χ0) is 15.7. The van der Waals surface area contributed by atoms with E-state index in [-0.39, 0.29) is 18.4 Å². The molecule has 0 aromatic rings. The van der Waals surface area contributed by atoms with Crippen molar-refractivity contribution in [3.63, 3.8) is 0 Å². The Morgan fingerprint density at radius 2 is 1.76 bits per heavy atom. The molecule has 2 N–H and O–H groups in total. The Bertz CT molecular complexity index is 365. The summed E-state index contributed by atoms with van der Waals surface area (Å²) in [5.74, 6) is -0.504. The van der Waals surface area contributed by atoms with E-state index in [0.29, 0.717) is 25.7 Å². The van der Waals surface area contributed by atoms with E-state index in [1.54, 1.807) is 0 Å². The van der Waals surface area contributed by atoms with E-state index in [0.717, 1.165) is 32.2 Å². The number of carbonyl (C=O) groups is 3. The van der Waals surface area contributed by atoms with E-state index in [9.17, 15) is 14.4 Å². The van der Waals surface area contributed by atoms with Gasteiger partial charge in [0.25, 0.3) is 0 Å². The third-order valence-electron chi connectivity index (χ3n) is 3.99. The lowest BCUT2D eigenvalue weighted by Gasteiger charge is -2.38. The fourth-order valence-corrected chi connectivity index (χ4v) is 2.49. The van der Waals surface area contributed by atoms with Crippen molar-refractivity contribution in [3.05, 3.63) is 0 Å². The van der Waals surface area contributed by atoms with Gasteiger partial charge in [-0.05, 0) is 46.3 Å². The number of rotatable bonds is 10. The van der Waals surface area contributed by atoms with Crippen LogP contribution in [0.25, 0.3) is 0 Å². The first-order valence-electron chi connectivity index (χ1n) is 7.68. The van der Waals surface area contributed by atoms with Crippen molar-refractivity contribution in [3.8, 4) is 0 Å². The van der Waals surface area contributed by atoms with Crippen molar-refractivity contribution in [2.75, 3.05) is 33.7 Å². The Labute approximate surface area is 126 Å². The molecule has 0 aromatic carbocycles. The highest BCUT2D eigenvalue weighted by atomic mass is 16.2. The van der Waals surface area contributed by atoms with Crippen LogP contribution in [0.5, 0.6) is 0 Å². The molecule has 6 nitrogen and oxygen atoms in total. The number of amides is 2. The zero-order valence-electron chi connectivity index (χ0n) is 13.1. The SMILES string of the molecule is CN(C)CCCCCNC(=O)C1(C(=O)NCC=O)CCC1. The minimum absolute atomic E-state index is 0.0294. The molecule has 21 heavy (non-hydrogen) atoms. The van der Waals surface area contributed by atoms with Crippen molar-refractivity contribution < 1.29 is 14.4 Å². The molecule has 1 saturated carbocycles. The highest BCUT2D eigenvalue weighted by Gasteiger charge is 2.50. The van der Waals surface area contributed by atoms with Crippen LogP contribution in [0.15, 0.2) is 0 Å². The Balaban J connectivity index is 2.28. The summed E-state index contributed by atoms with van der Waals surface area (Å²) in [6.07, 6.45) is 5.74. The van der Waals surface area contributed by atoms with Crippen molar-refractivity contribution in [1.29, 1.82) is 0 Å². The van der Waals surface area contributed by atoms with Crippen LogP contribution in [-0.4, -0.2) is 56.7 Å². The predicted octanol–water partition coefficient (Wildman–Crippen LogP) is 0.320. The van der Waals surface area contributed by atoms with E-state index < -0.39 is 5.41 Å². The number of aldehydes is 1.